The van der Waals surface area contributed by atoms with Gasteiger partial charge >= 0.3 is 33.9 Å². The van der Waals surface area contributed by atoms with Gasteiger partial charge in [-0.15, -0.1) is 0 Å². The molecule has 6 heteroatoms. The molecule has 0 unspecified atom stereocenters. The zero-order valence-corrected chi connectivity index (χ0v) is 27.8. The van der Waals surface area contributed by atoms with E-state index < -0.39 is 7.92 Å². The molecule has 6 radical (unpaired) electrons. The minimum atomic E-state index is -0.511. The van der Waals surface area contributed by atoms with Crippen LogP contribution in [-0.2, 0) is 34.4 Å². The van der Waals surface area contributed by atoms with E-state index in [2.05, 4.69) is 107 Å². The van der Waals surface area contributed by atoms with Crippen molar-refractivity contribution in [2.24, 2.45) is 0 Å². The molecule has 3 aliphatic carbocycles. The maximum Gasteiger partial charge on any atom is 0 e. The SMILES string of the molecule is C[C@H]([C]1[CH][CH][CH][C]1P(c1ccccc1)c1ccccc1)P(C1CCCCC1)C1CCCCC1.[C-]#[O+].[C-]#[O+].[C-]#[O+].[Re]. The summed E-state index contributed by atoms with van der Waals surface area (Å²) >= 11 is 0. The topological polar surface area (TPSA) is 59.7 Å². The molecule has 0 bridgehead atoms. The Balaban J connectivity index is 0.00000107. The molecular formula is C34H39O3P2Re. The minimum absolute atomic E-state index is 0. The smallest absolute Gasteiger partial charge is 0 e. The van der Waals surface area contributed by atoms with Crippen LogP contribution >= 0.6 is 15.8 Å². The van der Waals surface area contributed by atoms with Gasteiger partial charge < -0.3 is 0 Å². The van der Waals surface area contributed by atoms with E-state index in [0.29, 0.717) is 5.66 Å². The Kier molecular flexibility index (Phi) is 20.3. The second-order valence-corrected chi connectivity index (χ2v) is 15.4. The normalized spacial score (nSPS) is 19.0. The largest absolute Gasteiger partial charge is 0 e. The van der Waals surface area contributed by atoms with Gasteiger partial charge in [-0.3, -0.25) is 0 Å². The van der Waals surface area contributed by atoms with Crippen LogP contribution in [0.4, 0.5) is 0 Å². The van der Waals surface area contributed by atoms with Gasteiger partial charge in [0.25, 0.3) is 0 Å². The van der Waals surface area contributed by atoms with Gasteiger partial charge in [-0.05, 0) is 86.4 Å². The quantitative estimate of drug-likeness (QED) is 0.156. The maximum atomic E-state index is 7.50. The van der Waals surface area contributed by atoms with Gasteiger partial charge in [0.2, 0.25) is 0 Å². The third-order valence-corrected chi connectivity index (χ3v) is 14.4. The molecular weight excluding hydrogens is 705 g/mol. The second-order valence-electron chi connectivity index (χ2n) is 10.1. The van der Waals surface area contributed by atoms with E-state index in [4.69, 9.17) is 14.0 Å². The summed E-state index contributed by atoms with van der Waals surface area (Å²) in [5.41, 5.74) is 4.33. The van der Waals surface area contributed by atoms with E-state index in [1.54, 1.807) is 11.6 Å². The van der Waals surface area contributed by atoms with Gasteiger partial charge in [0, 0.05) is 26.1 Å². The molecule has 0 spiro atoms. The molecule has 0 aliphatic heterocycles. The number of rotatable bonds is 7. The summed E-state index contributed by atoms with van der Waals surface area (Å²) in [4.78, 5) is 0. The Morgan fingerprint density at radius 3 is 1.43 bits per heavy atom. The zero-order valence-electron chi connectivity index (χ0n) is 23.3. The molecule has 40 heavy (non-hydrogen) atoms. The second kappa shape index (κ2) is 21.8. The third-order valence-electron chi connectivity index (χ3n) is 7.99. The van der Waals surface area contributed by atoms with E-state index >= 15 is 0 Å². The first kappa shape index (κ1) is 37.2. The van der Waals surface area contributed by atoms with Crippen LogP contribution in [0.3, 0.4) is 0 Å². The first-order valence-electron chi connectivity index (χ1n) is 13.9. The Morgan fingerprint density at radius 1 is 0.625 bits per heavy atom. The van der Waals surface area contributed by atoms with Crippen molar-refractivity contribution >= 4 is 26.5 Å². The molecule has 3 fully saturated rings. The number of hydrogen-bond acceptors (Lipinski definition) is 0. The first-order valence-corrected chi connectivity index (χ1v) is 16.8. The van der Waals surface area contributed by atoms with Gasteiger partial charge in [-0.25, -0.2) is 0 Å². The van der Waals surface area contributed by atoms with Crippen molar-refractivity contribution in [3.05, 3.63) is 111 Å². The van der Waals surface area contributed by atoms with Crippen LogP contribution in [0.2, 0.25) is 0 Å². The van der Waals surface area contributed by atoms with Crippen molar-refractivity contribution in [2.45, 2.75) is 88.1 Å². The predicted octanol–water partition coefficient (Wildman–Crippen LogP) is 8.27. The van der Waals surface area contributed by atoms with Gasteiger partial charge in [-0.1, -0.05) is 114 Å². The van der Waals surface area contributed by atoms with Gasteiger partial charge in [-0.2, -0.15) is 0 Å². The monoisotopic (exact) mass is 744 g/mol. The fourth-order valence-corrected chi connectivity index (χ4v) is 13.4. The van der Waals surface area contributed by atoms with Crippen LogP contribution in [-0.4, -0.2) is 17.0 Å². The average Bonchev–Trinajstić information content (AvgIpc) is 3.52. The summed E-state index contributed by atoms with van der Waals surface area (Å²) in [6.07, 6.45) is 22.1. The standard InChI is InChI=1S/C31H39P2.3CO.Re/c1-25(32(26-15-6-2-7-16-26)27-17-8-3-9-18-27)30-23-14-24-31(30)33(28-19-10-4-11-20-28)29-21-12-5-13-22-29;3*1-2;/h4-5,10-14,19-27H,2-3,6-9,15-18H2,1H3;;;;/t25-;;;;/m1..../s1. The van der Waals surface area contributed by atoms with E-state index in [0.717, 1.165) is 11.3 Å². The Hall–Kier alpha value is -0.818. The first-order chi connectivity index (χ1) is 19.3. The van der Waals surface area contributed by atoms with Gasteiger partial charge in [0.05, 0.1) is 0 Å². The fraction of sp³-hybridized carbons (Fsp3) is 0.412. The molecule has 0 heterocycles. The molecule has 0 amide bonds. The van der Waals surface area contributed by atoms with E-state index in [1.807, 2.05) is 0 Å². The van der Waals surface area contributed by atoms with Crippen LogP contribution in [0.15, 0.2) is 60.7 Å². The van der Waals surface area contributed by atoms with Crippen LogP contribution in [0.25, 0.3) is 0 Å². The molecule has 3 aliphatic rings. The van der Waals surface area contributed by atoms with Gasteiger partial charge in [0.1, 0.15) is 0 Å². The molecule has 3 nitrogen and oxygen atoms in total. The molecule has 3 saturated carbocycles. The molecule has 0 N–H and O–H groups in total. The number of benzene rings is 2. The van der Waals surface area contributed by atoms with Crippen molar-refractivity contribution in [2.75, 3.05) is 0 Å². The molecule has 1 atom stereocenters. The van der Waals surface area contributed by atoms with Gasteiger partial charge in [0.15, 0.2) is 0 Å². The fourth-order valence-electron chi connectivity index (χ4n) is 6.41. The van der Waals surface area contributed by atoms with Crippen molar-refractivity contribution < 1.29 is 34.4 Å². The van der Waals surface area contributed by atoms with Crippen LogP contribution in [0.1, 0.15) is 71.1 Å². The molecule has 2 aromatic carbocycles. The van der Waals surface area contributed by atoms with Crippen molar-refractivity contribution in [3.8, 4) is 0 Å². The van der Waals surface area contributed by atoms with E-state index in [9.17, 15) is 0 Å². The summed E-state index contributed by atoms with van der Waals surface area (Å²) < 4.78 is 22.5. The Labute approximate surface area is 259 Å². The van der Waals surface area contributed by atoms with Crippen LogP contribution < -0.4 is 10.6 Å². The zero-order chi connectivity index (χ0) is 28.5. The minimum Gasteiger partial charge on any atom is 0 e. The Bertz CT molecular complexity index is 897. The molecule has 210 valence electrons. The molecule has 5 rings (SSSR count). The molecule has 0 aromatic heterocycles. The molecule has 2 aromatic rings. The Morgan fingerprint density at radius 2 is 1.02 bits per heavy atom. The number of hydrogen-bond donors (Lipinski definition) is 0. The van der Waals surface area contributed by atoms with Crippen molar-refractivity contribution in [3.63, 3.8) is 0 Å². The summed E-state index contributed by atoms with van der Waals surface area (Å²) in [5, 5.41) is 2.97. The van der Waals surface area contributed by atoms with Crippen LogP contribution in [0.5, 0.6) is 0 Å². The molecule has 0 saturated heterocycles. The third kappa shape index (κ3) is 10.2. The summed E-state index contributed by atoms with van der Waals surface area (Å²) in [5.74, 6) is 1.68. The average molecular weight is 744 g/mol. The van der Waals surface area contributed by atoms with Crippen molar-refractivity contribution in [1.29, 1.82) is 0 Å². The summed E-state index contributed by atoms with van der Waals surface area (Å²) in [6.45, 7) is 16.1. The maximum absolute atomic E-state index is 7.50. The summed E-state index contributed by atoms with van der Waals surface area (Å²) in [7, 11) is -0.489. The van der Waals surface area contributed by atoms with Crippen LogP contribution in [0, 0.1) is 50.8 Å². The van der Waals surface area contributed by atoms with Crippen molar-refractivity contribution in [1.82, 2.24) is 0 Å². The van der Waals surface area contributed by atoms with E-state index in [-0.39, 0.29) is 28.3 Å². The summed E-state index contributed by atoms with van der Waals surface area (Å²) in [6, 6.07) is 22.6. The van der Waals surface area contributed by atoms with E-state index in [1.165, 1.54) is 74.8 Å². The predicted molar refractivity (Wildman–Crippen MR) is 160 cm³/mol.